The Hall–Kier alpha value is -0.340. The van der Waals surface area contributed by atoms with Gasteiger partial charge in [0, 0.05) is 25.0 Å². The predicted octanol–water partition coefficient (Wildman–Crippen LogP) is 1.41. The van der Waals surface area contributed by atoms with Gasteiger partial charge in [-0.2, -0.15) is 0 Å². The summed E-state index contributed by atoms with van der Waals surface area (Å²) in [5, 5.41) is 9.80. The van der Waals surface area contributed by atoms with Crippen molar-refractivity contribution in [3.05, 3.63) is 12.2 Å². The van der Waals surface area contributed by atoms with Crippen LogP contribution in [-0.2, 0) is 0 Å². The average molecular weight is 181 g/mol. The first-order chi connectivity index (χ1) is 6.16. The summed E-state index contributed by atoms with van der Waals surface area (Å²) in [4.78, 5) is 2.35. The molecule has 74 valence electrons. The van der Waals surface area contributed by atoms with Gasteiger partial charge in [0.15, 0.2) is 0 Å². The first-order valence-electron chi connectivity index (χ1n) is 5.23. The Bertz CT molecular complexity index is 220. The van der Waals surface area contributed by atoms with Gasteiger partial charge < -0.3 is 5.11 Å². The third-order valence-electron chi connectivity index (χ3n) is 3.52. The van der Waals surface area contributed by atoms with E-state index in [1.807, 2.05) is 0 Å². The van der Waals surface area contributed by atoms with Gasteiger partial charge >= 0.3 is 0 Å². The molecule has 1 N–H and O–H groups in total. The van der Waals surface area contributed by atoms with E-state index >= 15 is 0 Å². The van der Waals surface area contributed by atoms with Gasteiger partial charge in [0.2, 0.25) is 0 Å². The van der Waals surface area contributed by atoms with Crippen molar-refractivity contribution in [2.45, 2.75) is 32.3 Å². The van der Waals surface area contributed by atoms with Crippen LogP contribution in [0.1, 0.15) is 26.2 Å². The summed E-state index contributed by atoms with van der Waals surface area (Å²) in [6.45, 7) is 9.08. The fraction of sp³-hybridized carbons (Fsp3) is 0.818. The zero-order valence-corrected chi connectivity index (χ0v) is 8.42. The van der Waals surface area contributed by atoms with E-state index in [2.05, 4.69) is 18.4 Å². The lowest BCUT2D eigenvalue weighted by atomic mass is 10.0. The Morgan fingerprint density at radius 2 is 2.31 bits per heavy atom. The van der Waals surface area contributed by atoms with E-state index in [-0.39, 0.29) is 6.10 Å². The van der Waals surface area contributed by atoms with E-state index in [0.717, 1.165) is 26.1 Å². The lowest BCUT2D eigenvalue weighted by Gasteiger charge is -2.15. The van der Waals surface area contributed by atoms with Crippen LogP contribution in [0.5, 0.6) is 0 Å². The van der Waals surface area contributed by atoms with Crippen LogP contribution in [0.2, 0.25) is 0 Å². The van der Waals surface area contributed by atoms with Crippen LogP contribution in [0, 0.1) is 5.41 Å². The molecule has 1 spiro atoms. The number of aliphatic hydroxyl groups is 1. The fourth-order valence-electron chi connectivity index (χ4n) is 2.25. The van der Waals surface area contributed by atoms with Gasteiger partial charge in [-0.1, -0.05) is 19.1 Å². The molecule has 1 saturated heterocycles. The quantitative estimate of drug-likeness (QED) is 0.665. The fourth-order valence-corrected chi connectivity index (χ4v) is 2.25. The topological polar surface area (TPSA) is 23.5 Å². The summed E-state index contributed by atoms with van der Waals surface area (Å²) in [6.07, 6.45) is 3.43. The predicted molar refractivity (Wildman–Crippen MR) is 53.5 cm³/mol. The Morgan fingerprint density at radius 3 is 2.77 bits per heavy atom. The van der Waals surface area contributed by atoms with E-state index in [0.29, 0.717) is 5.41 Å². The summed E-state index contributed by atoms with van der Waals surface area (Å²) in [6, 6.07) is 0. The minimum Gasteiger partial charge on any atom is -0.391 e. The molecule has 13 heavy (non-hydrogen) atoms. The molecule has 1 heterocycles. The second kappa shape index (κ2) is 3.10. The monoisotopic (exact) mass is 181 g/mol. The maximum absolute atomic E-state index is 9.80. The third kappa shape index (κ3) is 1.65. The van der Waals surface area contributed by atoms with Crippen LogP contribution in [0.25, 0.3) is 0 Å². The normalized spacial score (nSPS) is 31.1. The highest BCUT2D eigenvalue weighted by Gasteiger charge is 2.54. The highest BCUT2D eigenvalue weighted by molar-refractivity contribution is 5.09. The zero-order valence-electron chi connectivity index (χ0n) is 8.42. The molecule has 0 radical (unpaired) electrons. The molecule has 2 aliphatic rings. The van der Waals surface area contributed by atoms with E-state index in [1.54, 1.807) is 0 Å². The molecule has 0 aromatic rings. The Balaban J connectivity index is 1.87. The van der Waals surface area contributed by atoms with Crippen LogP contribution in [0.4, 0.5) is 0 Å². The van der Waals surface area contributed by atoms with Crippen LogP contribution in [-0.4, -0.2) is 35.7 Å². The molecule has 0 bridgehead atoms. The zero-order chi connectivity index (χ0) is 9.47. The van der Waals surface area contributed by atoms with Gasteiger partial charge in [0.25, 0.3) is 0 Å². The van der Waals surface area contributed by atoms with Crippen LogP contribution in [0.3, 0.4) is 0 Å². The summed E-state index contributed by atoms with van der Waals surface area (Å²) in [5.41, 5.74) is 1.58. The van der Waals surface area contributed by atoms with E-state index < -0.39 is 0 Å². The summed E-state index contributed by atoms with van der Waals surface area (Å²) in [7, 11) is 0. The standard InChI is InChI=1S/C11H19NO/c1-3-9(2)6-12-7-10(13)11(8-12)4-5-11/h10,13H,2-8H2,1H3. The molecule has 0 aromatic heterocycles. The Morgan fingerprint density at radius 1 is 1.62 bits per heavy atom. The number of nitrogens with zero attached hydrogens (tertiary/aromatic N) is 1. The van der Waals surface area contributed by atoms with Gasteiger partial charge in [-0.25, -0.2) is 0 Å². The SMILES string of the molecule is C=C(CC)CN1CC(O)C2(CC2)C1. The van der Waals surface area contributed by atoms with Crippen molar-refractivity contribution in [3.8, 4) is 0 Å². The molecule has 0 aromatic carbocycles. The van der Waals surface area contributed by atoms with Crippen molar-refractivity contribution in [3.63, 3.8) is 0 Å². The van der Waals surface area contributed by atoms with E-state index in [1.165, 1.54) is 18.4 Å². The molecule has 2 fully saturated rings. The molecule has 2 rings (SSSR count). The summed E-state index contributed by atoms with van der Waals surface area (Å²) in [5.74, 6) is 0. The van der Waals surface area contributed by atoms with Gasteiger partial charge in [-0.3, -0.25) is 4.90 Å². The van der Waals surface area contributed by atoms with Crippen LogP contribution in [0.15, 0.2) is 12.2 Å². The molecule has 1 unspecified atom stereocenters. The minimum absolute atomic E-state index is 0.0721. The lowest BCUT2D eigenvalue weighted by molar-refractivity contribution is 0.132. The van der Waals surface area contributed by atoms with Crippen LogP contribution >= 0.6 is 0 Å². The Labute approximate surface area is 80.2 Å². The average Bonchev–Trinajstić information content (AvgIpc) is 2.78. The molecule has 1 saturated carbocycles. The highest BCUT2D eigenvalue weighted by Crippen LogP contribution is 2.52. The highest BCUT2D eigenvalue weighted by atomic mass is 16.3. The van der Waals surface area contributed by atoms with Crippen LogP contribution < -0.4 is 0 Å². The maximum atomic E-state index is 9.80. The largest absolute Gasteiger partial charge is 0.391 e. The number of likely N-dealkylation sites (tertiary alicyclic amines) is 1. The number of β-amino-alcohol motifs (C(OH)–C–C–N with tert-alkyl or cyclic N) is 1. The molecule has 1 aliphatic carbocycles. The van der Waals surface area contributed by atoms with Gasteiger partial charge in [-0.15, -0.1) is 0 Å². The number of aliphatic hydroxyl groups excluding tert-OH is 1. The molecule has 1 atom stereocenters. The maximum Gasteiger partial charge on any atom is 0.0735 e. The van der Waals surface area contributed by atoms with Crippen molar-refractivity contribution >= 4 is 0 Å². The number of hydrogen-bond acceptors (Lipinski definition) is 2. The van der Waals surface area contributed by atoms with E-state index in [9.17, 15) is 5.11 Å². The van der Waals surface area contributed by atoms with Crippen molar-refractivity contribution in [1.82, 2.24) is 4.90 Å². The van der Waals surface area contributed by atoms with Gasteiger partial charge in [0.1, 0.15) is 0 Å². The van der Waals surface area contributed by atoms with Gasteiger partial charge in [-0.05, 0) is 19.3 Å². The summed E-state index contributed by atoms with van der Waals surface area (Å²) < 4.78 is 0. The molecule has 2 nitrogen and oxygen atoms in total. The van der Waals surface area contributed by atoms with Gasteiger partial charge in [0.05, 0.1) is 6.10 Å². The molecule has 0 amide bonds. The van der Waals surface area contributed by atoms with Crippen molar-refractivity contribution in [2.24, 2.45) is 5.41 Å². The second-order valence-corrected chi connectivity index (χ2v) is 4.65. The third-order valence-corrected chi connectivity index (χ3v) is 3.52. The Kier molecular flexibility index (Phi) is 2.20. The number of rotatable bonds is 3. The first kappa shape index (κ1) is 9.22. The number of hydrogen-bond donors (Lipinski definition) is 1. The molecule has 2 heteroatoms. The van der Waals surface area contributed by atoms with E-state index in [4.69, 9.17) is 0 Å². The first-order valence-corrected chi connectivity index (χ1v) is 5.23. The van der Waals surface area contributed by atoms with Crippen molar-refractivity contribution < 1.29 is 5.11 Å². The van der Waals surface area contributed by atoms with Crippen molar-refractivity contribution in [1.29, 1.82) is 0 Å². The smallest absolute Gasteiger partial charge is 0.0735 e. The summed E-state index contributed by atoms with van der Waals surface area (Å²) >= 11 is 0. The molecular weight excluding hydrogens is 162 g/mol. The molecule has 1 aliphatic heterocycles. The lowest BCUT2D eigenvalue weighted by Crippen LogP contribution is -2.24. The minimum atomic E-state index is -0.0721. The second-order valence-electron chi connectivity index (χ2n) is 4.65. The van der Waals surface area contributed by atoms with Crippen molar-refractivity contribution in [2.75, 3.05) is 19.6 Å². The molecular formula is C11H19NO.